The average molecular weight is 261 g/mol. The monoisotopic (exact) mass is 261 g/mol. The number of hydrogen-bond acceptors (Lipinski definition) is 5. The molecular formula is C14H23N5. The first-order valence-electron chi connectivity index (χ1n) is 7.30. The van der Waals surface area contributed by atoms with Gasteiger partial charge in [0.05, 0.1) is 0 Å². The lowest BCUT2D eigenvalue weighted by molar-refractivity contribution is 0.340. The molecule has 0 bridgehead atoms. The first-order chi connectivity index (χ1) is 9.19. The summed E-state index contributed by atoms with van der Waals surface area (Å²) >= 11 is 0. The number of aromatic nitrogens is 2. The first-order valence-corrected chi connectivity index (χ1v) is 7.30. The van der Waals surface area contributed by atoms with Gasteiger partial charge in [0.2, 0.25) is 5.95 Å². The van der Waals surface area contributed by atoms with Crippen LogP contribution in [-0.2, 0) is 6.42 Å². The first kappa shape index (κ1) is 12.7. The van der Waals surface area contributed by atoms with E-state index in [-0.39, 0.29) is 0 Å². The third kappa shape index (κ3) is 2.27. The summed E-state index contributed by atoms with van der Waals surface area (Å²) in [4.78, 5) is 11.2. The van der Waals surface area contributed by atoms with Crippen LogP contribution in [0.5, 0.6) is 0 Å². The van der Waals surface area contributed by atoms with E-state index in [1.807, 2.05) is 6.92 Å². The summed E-state index contributed by atoms with van der Waals surface area (Å²) in [6.45, 7) is 7.49. The highest BCUT2D eigenvalue weighted by Crippen LogP contribution is 2.31. The minimum Gasteiger partial charge on any atom is -0.368 e. The fourth-order valence-electron chi connectivity index (χ4n) is 3.50. The van der Waals surface area contributed by atoms with Crippen molar-refractivity contribution in [3.05, 3.63) is 11.3 Å². The molecule has 1 aromatic heterocycles. The maximum atomic E-state index is 5.83. The molecule has 2 atom stereocenters. The van der Waals surface area contributed by atoms with Gasteiger partial charge in [0.1, 0.15) is 5.82 Å². The summed E-state index contributed by atoms with van der Waals surface area (Å²) in [7, 11) is 0. The van der Waals surface area contributed by atoms with Crippen LogP contribution >= 0.6 is 0 Å². The SMILES string of the molecule is CCc1c(C)nc(N)nc1N1C[C@@H]2CCCN[C@@H]2C1. The van der Waals surface area contributed by atoms with Crippen molar-refractivity contribution >= 4 is 11.8 Å². The van der Waals surface area contributed by atoms with E-state index >= 15 is 0 Å². The Bertz CT molecular complexity index is 459. The Balaban J connectivity index is 1.90. The zero-order chi connectivity index (χ0) is 13.4. The van der Waals surface area contributed by atoms with Gasteiger partial charge in [0.25, 0.3) is 0 Å². The van der Waals surface area contributed by atoms with Gasteiger partial charge in [-0.1, -0.05) is 6.92 Å². The number of nitrogens with one attached hydrogen (secondary N) is 1. The molecule has 0 saturated carbocycles. The Morgan fingerprint density at radius 3 is 2.95 bits per heavy atom. The molecule has 1 aromatic rings. The molecule has 0 radical (unpaired) electrons. The highest BCUT2D eigenvalue weighted by molar-refractivity contribution is 5.53. The van der Waals surface area contributed by atoms with Gasteiger partial charge in [-0.15, -0.1) is 0 Å². The van der Waals surface area contributed by atoms with E-state index in [2.05, 4.69) is 27.1 Å². The number of aryl methyl sites for hydroxylation is 1. The van der Waals surface area contributed by atoms with Gasteiger partial charge in [-0.05, 0) is 38.6 Å². The minimum absolute atomic E-state index is 0.396. The van der Waals surface area contributed by atoms with Crippen molar-refractivity contribution in [1.82, 2.24) is 15.3 Å². The number of rotatable bonds is 2. The fourth-order valence-corrected chi connectivity index (χ4v) is 3.50. The van der Waals surface area contributed by atoms with E-state index in [1.165, 1.54) is 18.4 Å². The van der Waals surface area contributed by atoms with Crippen molar-refractivity contribution in [1.29, 1.82) is 0 Å². The molecule has 0 amide bonds. The summed E-state index contributed by atoms with van der Waals surface area (Å²) in [6, 6.07) is 0.620. The summed E-state index contributed by atoms with van der Waals surface area (Å²) in [5.74, 6) is 2.21. The van der Waals surface area contributed by atoms with Crippen LogP contribution < -0.4 is 16.0 Å². The molecule has 3 rings (SSSR count). The van der Waals surface area contributed by atoms with Gasteiger partial charge in [-0.25, -0.2) is 4.98 Å². The van der Waals surface area contributed by atoms with Crippen LogP contribution in [0, 0.1) is 12.8 Å². The van der Waals surface area contributed by atoms with Crippen molar-refractivity contribution in [3.8, 4) is 0 Å². The van der Waals surface area contributed by atoms with E-state index in [4.69, 9.17) is 5.73 Å². The summed E-state index contributed by atoms with van der Waals surface area (Å²) in [5.41, 5.74) is 8.10. The van der Waals surface area contributed by atoms with Gasteiger partial charge in [-0.3, -0.25) is 0 Å². The van der Waals surface area contributed by atoms with E-state index in [1.54, 1.807) is 0 Å². The zero-order valence-corrected chi connectivity index (χ0v) is 11.8. The van der Waals surface area contributed by atoms with E-state index in [9.17, 15) is 0 Å². The molecule has 0 spiro atoms. The second-order valence-electron chi connectivity index (χ2n) is 5.69. The predicted molar refractivity (Wildman–Crippen MR) is 77.3 cm³/mol. The normalized spacial score (nSPS) is 26.5. The lowest BCUT2D eigenvalue weighted by atomic mass is 9.94. The van der Waals surface area contributed by atoms with Crippen molar-refractivity contribution in [2.75, 3.05) is 30.3 Å². The summed E-state index contributed by atoms with van der Waals surface area (Å²) in [6.07, 6.45) is 3.58. The molecule has 104 valence electrons. The van der Waals surface area contributed by atoms with Gasteiger partial charge < -0.3 is 16.0 Å². The van der Waals surface area contributed by atoms with Crippen LogP contribution in [0.4, 0.5) is 11.8 Å². The lowest BCUT2D eigenvalue weighted by Crippen LogP contribution is -2.40. The highest BCUT2D eigenvalue weighted by Gasteiger charge is 2.35. The quantitative estimate of drug-likeness (QED) is 0.835. The molecule has 3 N–H and O–H groups in total. The van der Waals surface area contributed by atoms with Crippen LogP contribution in [-0.4, -0.2) is 35.6 Å². The lowest BCUT2D eigenvalue weighted by Gasteiger charge is -2.24. The van der Waals surface area contributed by atoms with Crippen LogP contribution in [0.3, 0.4) is 0 Å². The molecule has 0 aromatic carbocycles. The molecule has 5 nitrogen and oxygen atoms in total. The fraction of sp³-hybridized carbons (Fsp3) is 0.714. The number of nitrogen functional groups attached to an aromatic ring is 1. The van der Waals surface area contributed by atoms with Gasteiger partial charge >= 0.3 is 0 Å². The largest absolute Gasteiger partial charge is 0.368 e. The maximum Gasteiger partial charge on any atom is 0.222 e. The van der Waals surface area contributed by atoms with Crippen LogP contribution in [0.2, 0.25) is 0 Å². The van der Waals surface area contributed by atoms with Crippen molar-refractivity contribution in [3.63, 3.8) is 0 Å². The third-order valence-corrected chi connectivity index (χ3v) is 4.46. The van der Waals surface area contributed by atoms with Gasteiger partial charge in [-0.2, -0.15) is 4.98 Å². The second-order valence-corrected chi connectivity index (χ2v) is 5.69. The number of piperidine rings is 1. The average Bonchev–Trinajstić information content (AvgIpc) is 2.81. The van der Waals surface area contributed by atoms with Crippen LogP contribution in [0.15, 0.2) is 0 Å². The Morgan fingerprint density at radius 1 is 1.37 bits per heavy atom. The molecular weight excluding hydrogens is 238 g/mol. The Kier molecular flexibility index (Phi) is 3.31. The van der Waals surface area contributed by atoms with E-state index < -0.39 is 0 Å². The third-order valence-electron chi connectivity index (χ3n) is 4.46. The van der Waals surface area contributed by atoms with Crippen LogP contribution in [0.25, 0.3) is 0 Å². The molecule has 2 aliphatic rings. The Labute approximate surface area is 114 Å². The minimum atomic E-state index is 0.396. The molecule has 3 heterocycles. The summed E-state index contributed by atoms with van der Waals surface area (Å²) in [5, 5.41) is 3.63. The molecule has 19 heavy (non-hydrogen) atoms. The second kappa shape index (κ2) is 4.96. The number of anilines is 2. The molecule has 2 aliphatic heterocycles. The van der Waals surface area contributed by atoms with E-state index in [0.717, 1.165) is 43.5 Å². The molecule has 5 heteroatoms. The highest BCUT2D eigenvalue weighted by atomic mass is 15.3. The predicted octanol–water partition coefficient (Wildman–Crippen LogP) is 1.12. The Morgan fingerprint density at radius 2 is 2.21 bits per heavy atom. The molecule has 0 unspecified atom stereocenters. The maximum absolute atomic E-state index is 5.83. The van der Waals surface area contributed by atoms with Crippen molar-refractivity contribution in [2.45, 2.75) is 39.2 Å². The number of nitrogens with two attached hydrogens (primary N) is 1. The molecule has 2 saturated heterocycles. The van der Waals surface area contributed by atoms with Crippen LogP contribution in [0.1, 0.15) is 31.0 Å². The van der Waals surface area contributed by atoms with Gasteiger partial charge in [0.15, 0.2) is 0 Å². The van der Waals surface area contributed by atoms with Crippen molar-refractivity contribution < 1.29 is 0 Å². The summed E-state index contributed by atoms with van der Waals surface area (Å²) < 4.78 is 0. The van der Waals surface area contributed by atoms with Crippen molar-refractivity contribution in [2.24, 2.45) is 5.92 Å². The number of fused-ring (bicyclic) bond motifs is 1. The molecule has 2 fully saturated rings. The Hall–Kier alpha value is -1.36. The smallest absolute Gasteiger partial charge is 0.222 e. The van der Waals surface area contributed by atoms with E-state index in [0.29, 0.717) is 12.0 Å². The topological polar surface area (TPSA) is 67.1 Å². The standard InChI is InChI=1S/C14H23N5/c1-3-11-9(2)17-14(15)18-13(11)19-7-10-5-4-6-16-12(10)8-19/h10,12,16H,3-8H2,1-2H3,(H2,15,17,18)/t10-,12+/m0/s1. The molecule has 0 aliphatic carbocycles. The van der Waals surface area contributed by atoms with Gasteiger partial charge in [0, 0.05) is 30.4 Å². The number of nitrogens with zero attached hydrogens (tertiary/aromatic N) is 3. The zero-order valence-electron chi connectivity index (χ0n) is 11.8. The number of hydrogen-bond donors (Lipinski definition) is 2.